The maximum absolute atomic E-state index is 12.0. The molecular formula is C11H18N4O3S. The van der Waals surface area contributed by atoms with Gasteiger partial charge in [0.05, 0.1) is 11.1 Å². The van der Waals surface area contributed by atoms with Crippen LogP contribution in [0.25, 0.3) is 0 Å². The molecular weight excluding hydrogens is 268 g/mol. The zero-order valence-electron chi connectivity index (χ0n) is 11.1. The molecule has 0 aliphatic rings. The van der Waals surface area contributed by atoms with Gasteiger partial charge < -0.3 is 11.1 Å². The standard InChI is InChI=1S/C11H18N4O3S/c1-11(2,10(16)13-3)7-15-19(17,18)9-6-14-5-4-8(9)12/h4-6,15H,7H2,1-3H3,(H2,12,14)(H,13,16). The molecule has 1 heterocycles. The number of pyridine rings is 1. The normalized spacial score (nSPS) is 12.2. The van der Waals surface area contributed by atoms with Crippen molar-refractivity contribution in [3.8, 4) is 0 Å². The zero-order valence-corrected chi connectivity index (χ0v) is 11.9. The first-order chi connectivity index (χ1) is 8.70. The van der Waals surface area contributed by atoms with E-state index in [-0.39, 0.29) is 23.0 Å². The first-order valence-electron chi connectivity index (χ1n) is 5.62. The number of hydrogen-bond donors (Lipinski definition) is 3. The molecule has 0 saturated heterocycles. The molecule has 0 atom stereocenters. The van der Waals surface area contributed by atoms with Gasteiger partial charge in [-0.05, 0) is 19.9 Å². The number of carbonyl (C=O) groups excluding carboxylic acids is 1. The van der Waals surface area contributed by atoms with E-state index in [1.54, 1.807) is 13.8 Å². The van der Waals surface area contributed by atoms with Crippen LogP contribution in [0.2, 0.25) is 0 Å². The molecule has 19 heavy (non-hydrogen) atoms. The highest BCUT2D eigenvalue weighted by Gasteiger charge is 2.29. The second kappa shape index (κ2) is 5.54. The molecule has 0 unspecified atom stereocenters. The summed E-state index contributed by atoms with van der Waals surface area (Å²) in [6, 6.07) is 1.40. The van der Waals surface area contributed by atoms with Crippen LogP contribution >= 0.6 is 0 Å². The van der Waals surface area contributed by atoms with E-state index in [0.717, 1.165) is 0 Å². The van der Waals surface area contributed by atoms with Crippen molar-refractivity contribution in [1.29, 1.82) is 0 Å². The fraction of sp³-hybridized carbons (Fsp3) is 0.455. The lowest BCUT2D eigenvalue weighted by Crippen LogP contribution is -2.43. The highest BCUT2D eigenvalue weighted by atomic mass is 32.2. The summed E-state index contributed by atoms with van der Waals surface area (Å²) in [7, 11) is -2.29. The third-order valence-corrected chi connectivity index (χ3v) is 4.10. The van der Waals surface area contributed by atoms with Gasteiger partial charge in [0.1, 0.15) is 4.90 Å². The van der Waals surface area contributed by atoms with Gasteiger partial charge in [-0.3, -0.25) is 9.78 Å². The van der Waals surface area contributed by atoms with Crippen molar-refractivity contribution < 1.29 is 13.2 Å². The topological polar surface area (TPSA) is 114 Å². The summed E-state index contributed by atoms with van der Waals surface area (Å²) < 4.78 is 26.5. The Bertz CT molecular complexity index is 569. The number of nitrogens with one attached hydrogen (secondary N) is 2. The van der Waals surface area contributed by atoms with Crippen molar-refractivity contribution in [1.82, 2.24) is 15.0 Å². The van der Waals surface area contributed by atoms with Crippen LogP contribution in [0.1, 0.15) is 13.8 Å². The van der Waals surface area contributed by atoms with Crippen molar-refractivity contribution in [2.45, 2.75) is 18.7 Å². The van der Waals surface area contributed by atoms with E-state index in [2.05, 4.69) is 15.0 Å². The summed E-state index contributed by atoms with van der Waals surface area (Å²) in [5.74, 6) is -0.255. The van der Waals surface area contributed by atoms with Crippen molar-refractivity contribution in [2.24, 2.45) is 5.41 Å². The number of hydrogen-bond acceptors (Lipinski definition) is 5. The molecule has 0 radical (unpaired) electrons. The summed E-state index contributed by atoms with van der Waals surface area (Å²) in [6.07, 6.45) is 2.58. The molecule has 0 aliphatic heterocycles. The largest absolute Gasteiger partial charge is 0.398 e. The summed E-state index contributed by atoms with van der Waals surface area (Å²) in [6.45, 7) is 3.24. The zero-order chi connectivity index (χ0) is 14.7. The summed E-state index contributed by atoms with van der Waals surface area (Å²) in [4.78, 5) is 15.2. The Morgan fingerprint density at radius 1 is 1.47 bits per heavy atom. The number of nitrogens with zero attached hydrogens (tertiary/aromatic N) is 1. The maximum atomic E-state index is 12.0. The Labute approximate surface area is 112 Å². The average molecular weight is 286 g/mol. The highest BCUT2D eigenvalue weighted by Crippen LogP contribution is 2.18. The fourth-order valence-corrected chi connectivity index (χ4v) is 2.67. The monoisotopic (exact) mass is 286 g/mol. The second-order valence-electron chi connectivity index (χ2n) is 4.70. The third-order valence-electron chi connectivity index (χ3n) is 2.65. The third kappa shape index (κ3) is 3.65. The summed E-state index contributed by atoms with van der Waals surface area (Å²) in [5, 5.41) is 2.48. The van der Waals surface area contributed by atoms with Gasteiger partial charge in [0, 0.05) is 26.0 Å². The lowest BCUT2D eigenvalue weighted by molar-refractivity contribution is -0.128. The van der Waals surface area contributed by atoms with Crippen LogP contribution in [0.4, 0.5) is 5.69 Å². The van der Waals surface area contributed by atoms with Crippen molar-refractivity contribution >= 4 is 21.6 Å². The molecule has 1 aromatic heterocycles. The van der Waals surface area contributed by atoms with Crippen LogP contribution in [0.5, 0.6) is 0 Å². The molecule has 8 heteroatoms. The van der Waals surface area contributed by atoms with Crippen LogP contribution in [-0.4, -0.2) is 32.9 Å². The SMILES string of the molecule is CNC(=O)C(C)(C)CNS(=O)(=O)c1cnccc1N. The second-order valence-corrected chi connectivity index (χ2v) is 6.44. The molecule has 1 rings (SSSR count). The number of sulfonamides is 1. The van der Waals surface area contributed by atoms with Gasteiger partial charge in [-0.15, -0.1) is 0 Å². The predicted octanol–water partition coefficient (Wildman–Crippen LogP) is -0.286. The van der Waals surface area contributed by atoms with E-state index < -0.39 is 15.4 Å². The fourth-order valence-electron chi connectivity index (χ4n) is 1.39. The number of anilines is 1. The lowest BCUT2D eigenvalue weighted by atomic mass is 9.93. The Kier molecular flexibility index (Phi) is 4.48. The molecule has 0 fully saturated rings. The van der Waals surface area contributed by atoms with Gasteiger partial charge in [-0.1, -0.05) is 0 Å². The smallest absolute Gasteiger partial charge is 0.244 e. The molecule has 0 aromatic carbocycles. The Balaban J connectivity index is 2.89. The molecule has 0 spiro atoms. The Morgan fingerprint density at radius 3 is 2.63 bits per heavy atom. The minimum Gasteiger partial charge on any atom is -0.398 e. The van der Waals surface area contributed by atoms with Gasteiger partial charge in [0.15, 0.2) is 0 Å². The van der Waals surface area contributed by atoms with Gasteiger partial charge in [-0.25, -0.2) is 13.1 Å². The lowest BCUT2D eigenvalue weighted by Gasteiger charge is -2.22. The van der Waals surface area contributed by atoms with Crippen molar-refractivity contribution in [3.05, 3.63) is 18.5 Å². The minimum atomic E-state index is -3.78. The number of amides is 1. The van der Waals surface area contributed by atoms with Gasteiger partial charge >= 0.3 is 0 Å². The van der Waals surface area contributed by atoms with E-state index in [1.807, 2.05) is 0 Å². The first-order valence-corrected chi connectivity index (χ1v) is 7.10. The van der Waals surface area contributed by atoms with Gasteiger partial charge in [0.2, 0.25) is 15.9 Å². The van der Waals surface area contributed by atoms with Crippen LogP contribution in [0, 0.1) is 5.41 Å². The molecule has 0 bridgehead atoms. The van der Waals surface area contributed by atoms with Gasteiger partial charge in [-0.2, -0.15) is 0 Å². The maximum Gasteiger partial charge on any atom is 0.244 e. The van der Waals surface area contributed by atoms with E-state index in [0.29, 0.717) is 0 Å². The van der Waals surface area contributed by atoms with Crippen LogP contribution in [-0.2, 0) is 14.8 Å². The van der Waals surface area contributed by atoms with Crippen LogP contribution < -0.4 is 15.8 Å². The number of nitrogens with two attached hydrogens (primary N) is 1. The number of rotatable bonds is 5. The quantitative estimate of drug-likeness (QED) is 0.688. The summed E-state index contributed by atoms with van der Waals surface area (Å²) >= 11 is 0. The van der Waals surface area contributed by atoms with E-state index in [9.17, 15) is 13.2 Å². The number of aromatic nitrogens is 1. The molecule has 1 amide bonds. The Hall–Kier alpha value is -1.67. The van der Waals surface area contributed by atoms with Crippen molar-refractivity contribution in [3.63, 3.8) is 0 Å². The molecule has 0 aliphatic carbocycles. The minimum absolute atomic E-state index is 0.0384. The van der Waals surface area contributed by atoms with Crippen LogP contribution in [0.15, 0.2) is 23.4 Å². The van der Waals surface area contributed by atoms with Crippen LogP contribution in [0.3, 0.4) is 0 Å². The molecule has 7 nitrogen and oxygen atoms in total. The van der Waals surface area contributed by atoms with E-state index >= 15 is 0 Å². The molecule has 4 N–H and O–H groups in total. The summed E-state index contributed by atoms with van der Waals surface area (Å²) in [5.41, 5.74) is 4.84. The number of nitrogen functional groups attached to an aromatic ring is 1. The molecule has 1 aromatic rings. The average Bonchev–Trinajstić information content (AvgIpc) is 2.36. The van der Waals surface area contributed by atoms with E-state index in [1.165, 1.54) is 25.5 Å². The predicted molar refractivity (Wildman–Crippen MR) is 71.7 cm³/mol. The highest BCUT2D eigenvalue weighted by molar-refractivity contribution is 7.89. The molecule has 106 valence electrons. The van der Waals surface area contributed by atoms with E-state index in [4.69, 9.17) is 5.73 Å². The van der Waals surface area contributed by atoms with Gasteiger partial charge in [0.25, 0.3) is 0 Å². The number of carbonyl (C=O) groups is 1. The Morgan fingerprint density at radius 2 is 2.11 bits per heavy atom. The first kappa shape index (κ1) is 15.4. The van der Waals surface area contributed by atoms with Crippen molar-refractivity contribution in [2.75, 3.05) is 19.3 Å². The molecule has 0 saturated carbocycles.